The number of hydrogen-bond acceptors (Lipinski definition) is 2. The number of aryl methyl sites for hydroxylation is 1. The average molecular weight is 216 g/mol. The van der Waals surface area contributed by atoms with Gasteiger partial charge in [0.05, 0.1) is 11.6 Å². The maximum Gasteiger partial charge on any atom is 0.274 e. The third kappa shape index (κ3) is 1.73. The predicted molar refractivity (Wildman–Crippen MR) is 65.7 cm³/mol. The maximum absolute atomic E-state index is 11.9. The van der Waals surface area contributed by atoms with Crippen LogP contribution in [0, 0.1) is 0 Å². The second kappa shape index (κ2) is 3.44. The van der Waals surface area contributed by atoms with Crippen molar-refractivity contribution in [3.63, 3.8) is 0 Å². The van der Waals surface area contributed by atoms with Crippen LogP contribution in [0.15, 0.2) is 29.2 Å². The first-order valence-electron chi connectivity index (χ1n) is 5.36. The molecule has 0 N–H and O–H groups in total. The molecule has 0 bridgehead atoms. The van der Waals surface area contributed by atoms with Crippen LogP contribution in [0.2, 0.25) is 0 Å². The van der Waals surface area contributed by atoms with Crippen molar-refractivity contribution < 1.29 is 0 Å². The van der Waals surface area contributed by atoms with Crippen molar-refractivity contribution in [2.75, 3.05) is 0 Å². The third-order valence-electron chi connectivity index (χ3n) is 2.81. The zero-order chi connectivity index (χ0) is 11.9. The summed E-state index contributed by atoms with van der Waals surface area (Å²) in [6.45, 7) is 6.42. The van der Waals surface area contributed by atoms with Crippen molar-refractivity contribution in [2.24, 2.45) is 7.05 Å². The van der Waals surface area contributed by atoms with Gasteiger partial charge in [-0.15, -0.1) is 0 Å². The average Bonchev–Trinajstić information content (AvgIpc) is 2.22. The Morgan fingerprint density at radius 2 is 1.94 bits per heavy atom. The van der Waals surface area contributed by atoms with Crippen molar-refractivity contribution in [1.29, 1.82) is 0 Å². The van der Waals surface area contributed by atoms with E-state index in [1.165, 1.54) is 10.2 Å². The van der Waals surface area contributed by atoms with Gasteiger partial charge < -0.3 is 0 Å². The predicted octanol–water partition coefficient (Wildman–Crippen LogP) is 2.23. The largest absolute Gasteiger partial charge is 0.274 e. The molecule has 3 nitrogen and oxygen atoms in total. The lowest BCUT2D eigenvalue weighted by atomic mass is 9.86. The monoisotopic (exact) mass is 216 g/mol. The van der Waals surface area contributed by atoms with E-state index >= 15 is 0 Å². The standard InChI is InChI=1S/C13H16N2O/c1-13(2,3)10-6-5-9-8-14-15(4)12(16)11(9)7-10/h5-8H,1-4H3. The molecule has 0 aliphatic carbocycles. The Kier molecular flexibility index (Phi) is 2.34. The van der Waals surface area contributed by atoms with Gasteiger partial charge >= 0.3 is 0 Å². The second-order valence-electron chi connectivity index (χ2n) is 5.13. The normalized spacial score (nSPS) is 12.0. The fourth-order valence-corrected chi connectivity index (χ4v) is 1.70. The minimum atomic E-state index is -0.0383. The van der Waals surface area contributed by atoms with E-state index in [-0.39, 0.29) is 11.0 Å². The summed E-state index contributed by atoms with van der Waals surface area (Å²) in [7, 11) is 1.67. The van der Waals surface area contributed by atoms with Gasteiger partial charge in [0.2, 0.25) is 0 Å². The van der Waals surface area contributed by atoms with Crippen LogP contribution in [0.5, 0.6) is 0 Å². The first-order valence-corrected chi connectivity index (χ1v) is 5.36. The Labute approximate surface area is 94.7 Å². The van der Waals surface area contributed by atoms with Gasteiger partial charge in [-0.05, 0) is 17.0 Å². The molecule has 1 aromatic carbocycles. The minimum absolute atomic E-state index is 0.0383. The highest BCUT2D eigenvalue weighted by atomic mass is 16.1. The summed E-state index contributed by atoms with van der Waals surface area (Å²) in [5.41, 5.74) is 1.19. The van der Waals surface area contributed by atoms with Gasteiger partial charge in [-0.2, -0.15) is 5.10 Å². The molecule has 1 aromatic heterocycles. The van der Waals surface area contributed by atoms with Crippen LogP contribution < -0.4 is 5.56 Å². The number of nitrogens with zero attached hydrogens (tertiary/aromatic N) is 2. The Balaban J connectivity index is 2.79. The molecule has 16 heavy (non-hydrogen) atoms. The fraction of sp³-hybridized carbons (Fsp3) is 0.385. The van der Waals surface area contributed by atoms with E-state index in [1.54, 1.807) is 13.2 Å². The van der Waals surface area contributed by atoms with E-state index in [0.717, 1.165) is 10.8 Å². The number of fused-ring (bicyclic) bond motifs is 1. The van der Waals surface area contributed by atoms with Gasteiger partial charge in [0.1, 0.15) is 0 Å². The van der Waals surface area contributed by atoms with Crippen LogP contribution in [0.25, 0.3) is 10.8 Å². The summed E-state index contributed by atoms with van der Waals surface area (Å²) >= 11 is 0. The second-order valence-corrected chi connectivity index (χ2v) is 5.13. The van der Waals surface area contributed by atoms with Crippen molar-refractivity contribution in [3.05, 3.63) is 40.3 Å². The highest BCUT2D eigenvalue weighted by Gasteiger charge is 2.14. The van der Waals surface area contributed by atoms with E-state index < -0.39 is 0 Å². The van der Waals surface area contributed by atoms with E-state index in [9.17, 15) is 4.79 Å². The summed E-state index contributed by atoms with van der Waals surface area (Å²) in [6.07, 6.45) is 1.73. The number of aromatic nitrogens is 2. The molecule has 2 aromatic rings. The topological polar surface area (TPSA) is 34.9 Å². The molecule has 0 saturated carbocycles. The third-order valence-corrected chi connectivity index (χ3v) is 2.81. The highest BCUT2D eigenvalue weighted by Crippen LogP contribution is 2.24. The molecule has 0 spiro atoms. The van der Waals surface area contributed by atoms with Gasteiger partial charge in [-0.25, -0.2) is 4.68 Å². The summed E-state index contributed by atoms with van der Waals surface area (Å²) in [5, 5.41) is 5.64. The molecule has 0 unspecified atom stereocenters. The summed E-state index contributed by atoms with van der Waals surface area (Å²) in [6, 6.07) is 5.99. The first-order chi connectivity index (χ1) is 7.39. The summed E-state index contributed by atoms with van der Waals surface area (Å²) < 4.78 is 1.37. The van der Waals surface area contributed by atoms with Gasteiger partial charge in [-0.3, -0.25) is 4.79 Å². The van der Waals surface area contributed by atoms with E-state index in [1.807, 2.05) is 12.1 Å². The van der Waals surface area contributed by atoms with Crippen LogP contribution in [0.4, 0.5) is 0 Å². The number of benzene rings is 1. The summed E-state index contributed by atoms with van der Waals surface area (Å²) in [4.78, 5) is 11.9. The maximum atomic E-state index is 11.9. The lowest BCUT2D eigenvalue weighted by Gasteiger charge is -2.19. The molecule has 3 heteroatoms. The van der Waals surface area contributed by atoms with E-state index in [0.29, 0.717) is 0 Å². The zero-order valence-electron chi connectivity index (χ0n) is 10.1. The van der Waals surface area contributed by atoms with Gasteiger partial charge in [-0.1, -0.05) is 32.9 Å². The van der Waals surface area contributed by atoms with E-state index in [4.69, 9.17) is 0 Å². The zero-order valence-corrected chi connectivity index (χ0v) is 10.1. The Bertz CT molecular complexity index is 591. The molecule has 2 rings (SSSR count). The van der Waals surface area contributed by atoms with Crippen molar-refractivity contribution in [2.45, 2.75) is 26.2 Å². The summed E-state index contributed by atoms with van der Waals surface area (Å²) in [5.74, 6) is 0. The SMILES string of the molecule is Cn1ncc2ccc(C(C)(C)C)cc2c1=O. The molecular weight excluding hydrogens is 200 g/mol. The molecule has 0 aliphatic rings. The van der Waals surface area contributed by atoms with Crippen LogP contribution >= 0.6 is 0 Å². The molecule has 0 atom stereocenters. The number of rotatable bonds is 0. The molecule has 1 heterocycles. The molecule has 0 radical (unpaired) electrons. The first kappa shape index (κ1) is 10.9. The Hall–Kier alpha value is -1.64. The Morgan fingerprint density at radius 1 is 1.25 bits per heavy atom. The van der Waals surface area contributed by atoms with Gasteiger partial charge in [0, 0.05) is 12.4 Å². The van der Waals surface area contributed by atoms with Crippen molar-refractivity contribution >= 4 is 10.8 Å². The van der Waals surface area contributed by atoms with Crippen LogP contribution in [0.3, 0.4) is 0 Å². The molecule has 0 saturated heterocycles. The lowest BCUT2D eigenvalue weighted by Crippen LogP contribution is -2.20. The Morgan fingerprint density at radius 3 is 2.56 bits per heavy atom. The number of hydrogen-bond donors (Lipinski definition) is 0. The lowest BCUT2D eigenvalue weighted by molar-refractivity contribution is 0.591. The molecule has 0 fully saturated rings. The molecule has 0 amide bonds. The van der Waals surface area contributed by atoms with Crippen LogP contribution in [-0.4, -0.2) is 9.78 Å². The quantitative estimate of drug-likeness (QED) is 0.677. The van der Waals surface area contributed by atoms with Gasteiger partial charge in [0.25, 0.3) is 5.56 Å². The minimum Gasteiger partial charge on any atom is -0.267 e. The van der Waals surface area contributed by atoms with E-state index in [2.05, 4.69) is 31.9 Å². The van der Waals surface area contributed by atoms with Crippen molar-refractivity contribution in [3.8, 4) is 0 Å². The molecular formula is C13H16N2O. The van der Waals surface area contributed by atoms with Crippen molar-refractivity contribution in [1.82, 2.24) is 9.78 Å². The smallest absolute Gasteiger partial charge is 0.267 e. The highest BCUT2D eigenvalue weighted by molar-refractivity contribution is 5.81. The molecule has 84 valence electrons. The molecule has 0 aliphatic heterocycles. The van der Waals surface area contributed by atoms with Crippen LogP contribution in [0.1, 0.15) is 26.3 Å². The van der Waals surface area contributed by atoms with Crippen LogP contribution in [-0.2, 0) is 12.5 Å². The van der Waals surface area contributed by atoms with Gasteiger partial charge in [0.15, 0.2) is 0 Å². The fourth-order valence-electron chi connectivity index (χ4n) is 1.70.